The van der Waals surface area contributed by atoms with E-state index in [0.29, 0.717) is 12.3 Å². The predicted octanol–water partition coefficient (Wildman–Crippen LogP) is 0.704. The van der Waals surface area contributed by atoms with E-state index < -0.39 is 0 Å². The van der Waals surface area contributed by atoms with Gasteiger partial charge in [0.1, 0.15) is 5.78 Å². The second kappa shape index (κ2) is 2.97. The van der Waals surface area contributed by atoms with Crippen molar-refractivity contribution in [3.63, 3.8) is 0 Å². The van der Waals surface area contributed by atoms with Crippen LogP contribution in [0.2, 0.25) is 0 Å². The maximum absolute atomic E-state index is 10.9. The van der Waals surface area contributed by atoms with Crippen molar-refractivity contribution in [1.29, 1.82) is 0 Å². The molecule has 0 aliphatic heterocycles. The molecule has 0 radical (unpaired) electrons. The summed E-state index contributed by atoms with van der Waals surface area (Å²) in [5.41, 5.74) is 5.37. The number of carbonyl (C=O) groups is 1. The number of carbonyl (C=O) groups excluding carboxylic acids is 1. The summed E-state index contributed by atoms with van der Waals surface area (Å²) < 4.78 is 0. The maximum Gasteiger partial charge on any atom is 0.137 e. The number of nitrogens with two attached hydrogens (primary N) is 1. The lowest BCUT2D eigenvalue weighted by Gasteiger charge is -2.17. The summed E-state index contributed by atoms with van der Waals surface area (Å²) in [7, 11) is 0. The van der Waals surface area contributed by atoms with Crippen LogP contribution in [0.15, 0.2) is 0 Å². The van der Waals surface area contributed by atoms with Crippen LogP contribution in [0.5, 0.6) is 0 Å². The number of rotatable bonds is 1. The first-order valence-electron chi connectivity index (χ1n) is 3.57. The fraction of sp³-hybridized carbons (Fsp3) is 0.857. The van der Waals surface area contributed by atoms with Gasteiger partial charge in [0.05, 0.1) is 0 Å². The molecule has 1 saturated carbocycles. The van der Waals surface area contributed by atoms with Gasteiger partial charge >= 0.3 is 0 Å². The number of ketones is 1. The third kappa shape index (κ3) is 1.52. The van der Waals surface area contributed by atoms with Gasteiger partial charge in [-0.2, -0.15) is 0 Å². The molecule has 0 aromatic heterocycles. The monoisotopic (exact) mass is 127 g/mol. The van der Waals surface area contributed by atoms with Gasteiger partial charge < -0.3 is 5.73 Å². The van der Waals surface area contributed by atoms with Crippen molar-refractivity contribution < 1.29 is 4.79 Å². The molecule has 9 heavy (non-hydrogen) atoms. The normalized spacial score (nSPS) is 28.6. The quantitative estimate of drug-likeness (QED) is 0.563. The minimum atomic E-state index is 0.193. The Bertz CT molecular complexity index is 111. The van der Waals surface area contributed by atoms with E-state index in [4.69, 9.17) is 5.73 Å². The lowest BCUT2D eigenvalue weighted by Crippen LogP contribution is -2.26. The summed E-state index contributed by atoms with van der Waals surface area (Å²) in [5, 5.41) is 0. The Morgan fingerprint density at radius 3 is 2.78 bits per heavy atom. The Morgan fingerprint density at radius 1 is 1.56 bits per heavy atom. The zero-order valence-corrected chi connectivity index (χ0v) is 5.60. The second-order valence-electron chi connectivity index (χ2n) is 2.64. The first-order valence-corrected chi connectivity index (χ1v) is 3.57. The molecule has 2 nitrogen and oxygen atoms in total. The zero-order chi connectivity index (χ0) is 6.69. The number of Topliss-reactive ketones (excluding diaryl/α,β-unsaturated/α-hetero) is 1. The van der Waals surface area contributed by atoms with Crippen LogP contribution in [0.1, 0.15) is 25.7 Å². The largest absolute Gasteiger partial charge is 0.330 e. The molecular weight excluding hydrogens is 114 g/mol. The van der Waals surface area contributed by atoms with Gasteiger partial charge in [-0.25, -0.2) is 0 Å². The molecule has 0 saturated heterocycles. The molecule has 0 bridgehead atoms. The van der Waals surface area contributed by atoms with Gasteiger partial charge in [-0.1, -0.05) is 6.42 Å². The Balaban J connectivity index is 2.39. The maximum atomic E-state index is 10.9. The molecule has 1 aliphatic rings. The average molecular weight is 127 g/mol. The minimum absolute atomic E-state index is 0.193. The van der Waals surface area contributed by atoms with Gasteiger partial charge in [-0.05, 0) is 12.8 Å². The standard InChI is InChI=1S/C7H13NO/c8-5-6-3-1-2-4-7(6)9/h6H,1-5,8H2. The number of hydrogen-bond acceptors (Lipinski definition) is 2. The molecule has 1 atom stereocenters. The molecule has 0 aromatic carbocycles. The summed E-state index contributed by atoms with van der Waals surface area (Å²) in [4.78, 5) is 10.9. The average Bonchev–Trinajstić information content (AvgIpc) is 1.89. The minimum Gasteiger partial charge on any atom is -0.330 e. The van der Waals surface area contributed by atoms with E-state index in [1.54, 1.807) is 0 Å². The summed E-state index contributed by atoms with van der Waals surface area (Å²) >= 11 is 0. The van der Waals surface area contributed by atoms with E-state index in [-0.39, 0.29) is 5.92 Å². The van der Waals surface area contributed by atoms with E-state index in [0.717, 1.165) is 19.3 Å². The van der Waals surface area contributed by atoms with Gasteiger partial charge in [0.25, 0.3) is 0 Å². The molecule has 0 aromatic rings. The highest BCUT2D eigenvalue weighted by Gasteiger charge is 2.19. The predicted molar refractivity (Wildman–Crippen MR) is 36.0 cm³/mol. The number of hydrogen-bond donors (Lipinski definition) is 1. The van der Waals surface area contributed by atoms with Crippen LogP contribution in [-0.2, 0) is 4.79 Å². The molecular formula is C7H13NO. The molecule has 1 unspecified atom stereocenters. The lowest BCUT2D eigenvalue weighted by atomic mass is 9.88. The van der Waals surface area contributed by atoms with Crippen LogP contribution in [0.25, 0.3) is 0 Å². The summed E-state index contributed by atoms with van der Waals surface area (Å²) in [5.74, 6) is 0.572. The first kappa shape index (κ1) is 6.75. The van der Waals surface area contributed by atoms with E-state index in [1.807, 2.05) is 0 Å². The van der Waals surface area contributed by atoms with Crippen molar-refractivity contribution in [3.8, 4) is 0 Å². The highest BCUT2D eigenvalue weighted by Crippen LogP contribution is 2.18. The lowest BCUT2D eigenvalue weighted by molar-refractivity contribution is -0.124. The third-order valence-electron chi connectivity index (χ3n) is 1.97. The van der Waals surface area contributed by atoms with Crippen molar-refractivity contribution in [2.45, 2.75) is 25.7 Å². The summed E-state index contributed by atoms with van der Waals surface area (Å²) in [6.45, 7) is 0.554. The van der Waals surface area contributed by atoms with Crippen LogP contribution < -0.4 is 5.73 Å². The first-order chi connectivity index (χ1) is 4.34. The van der Waals surface area contributed by atoms with Crippen molar-refractivity contribution in [1.82, 2.24) is 0 Å². The van der Waals surface area contributed by atoms with Gasteiger partial charge in [-0.3, -0.25) is 4.79 Å². The third-order valence-corrected chi connectivity index (χ3v) is 1.97. The van der Waals surface area contributed by atoms with Crippen LogP contribution in [0.4, 0.5) is 0 Å². The van der Waals surface area contributed by atoms with Gasteiger partial charge in [0.15, 0.2) is 0 Å². The topological polar surface area (TPSA) is 43.1 Å². The van der Waals surface area contributed by atoms with Gasteiger partial charge in [0, 0.05) is 18.9 Å². The molecule has 1 fully saturated rings. The summed E-state index contributed by atoms with van der Waals surface area (Å²) in [6, 6.07) is 0. The highest BCUT2D eigenvalue weighted by molar-refractivity contribution is 5.81. The van der Waals surface area contributed by atoms with Crippen LogP contribution in [-0.4, -0.2) is 12.3 Å². The zero-order valence-electron chi connectivity index (χ0n) is 5.60. The SMILES string of the molecule is NCC1CCCCC1=O. The van der Waals surface area contributed by atoms with Gasteiger partial charge in [-0.15, -0.1) is 0 Å². The fourth-order valence-corrected chi connectivity index (χ4v) is 1.30. The van der Waals surface area contributed by atoms with E-state index >= 15 is 0 Å². The molecule has 1 rings (SSSR count). The summed E-state index contributed by atoms with van der Waals surface area (Å²) in [6.07, 6.45) is 4.06. The van der Waals surface area contributed by atoms with E-state index in [9.17, 15) is 4.79 Å². The Hall–Kier alpha value is -0.370. The van der Waals surface area contributed by atoms with Crippen molar-refractivity contribution in [2.75, 3.05) is 6.54 Å². The smallest absolute Gasteiger partial charge is 0.137 e. The Labute approximate surface area is 55.4 Å². The molecule has 52 valence electrons. The van der Waals surface area contributed by atoms with Crippen molar-refractivity contribution in [2.24, 2.45) is 11.7 Å². The van der Waals surface area contributed by atoms with Crippen molar-refractivity contribution >= 4 is 5.78 Å². The Kier molecular flexibility index (Phi) is 2.22. The molecule has 0 heterocycles. The van der Waals surface area contributed by atoms with E-state index in [2.05, 4.69) is 0 Å². The molecule has 2 N–H and O–H groups in total. The van der Waals surface area contributed by atoms with Crippen LogP contribution >= 0.6 is 0 Å². The van der Waals surface area contributed by atoms with E-state index in [1.165, 1.54) is 6.42 Å². The fourth-order valence-electron chi connectivity index (χ4n) is 1.30. The highest BCUT2D eigenvalue weighted by atomic mass is 16.1. The van der Waals surface area contributed by atoms with Crippen molar-refractivity contribution in [3.05, 3.63) is 0 Å². The second-order valence-corrected chi connectivity index (χ2v) is 2.64. The molecule has 1 aliphatic carbocycles. The Morgan fingerprint density at radius 2 is 2.33 bits per heavy atom. The molecule has 2 heteroatoms. The molecule has 0 amide bonds. The molecule has 0 spiro atoms. The van der Waals surface area contributed by atoms with Crippen LogP contribution in [0, 0.1) is 5.92 Å². The van der Waals surface area contributed by atoms with Crippen LogP contribution in [0.3, 0.4) is 0 Å². The van der Waals surface area contributed by atoms with Gasteiger partial charge in [0.2, 0.25) is 0 Å².